The number of phosphoric acid groups is 1. The molecule has 0 saturated carbocycles. The van der Waals surface area contributed by atoms with E-state index in [-0.39, 0.29) is 19.4 Å². The summed E-state index contributed by atoms with van der Waals surface area (Å²) in [7, 11) is -4.75. The van der Waals surface area contributed by atoms with Gasteiger partial charge in [0.1, 0.15) is 6.61 Å². The summed E-state index contributed by atoms with van der Waals surface area (Å²) in [5, 5.41) is 0. The molecule has 0 amide bonds. The van der Waals surface area contributed by atoms with Gasteiger partial charge in [0.25, 0.3) is 0 Å². The van der Waals surface area contributed by atoms with Crippen molar-refractivity contribution in [1.29, 1.82) is 0 Å². The molecule has 9 heteroatoms. The maximum absolute atomic E-state index is 12.4. The number of allylic oxidation sites excluding steroid dienone is 2. The van der Waals surface area contributed by atoms with Crippen LogP contribution in [0.5, 0.6) is 0 Å². The standard InChI is InChI=1S/C39H75O8P/c1-3-5-7-9-11-13-15-17-18-19-20-21-22-24-26-28-30-32-34-39(41)47-37(36-46-48(42,43)44)35-45-38(40)33-31-29-27-25-23-16-14-12-10-8-6-4-2/h18-19,37H,3-17,20-36H2,1-2H3,(H2,42,43,44)/b19-18-. The number of unbranched alkanes of at least 4 members (excludes halogenated alkanes) is 25. The molecule has 1 atom stereocenters. The van der Waals surface area contributed by atoms with E-state index in [1.54, 1.807) is 0 Å². The summed E-state index contributed by atoms with van der Waals surface area (Å²) in [5.41, 5.74) is 0. The molecule has 0 radical (unpaired) electrons. The lowest BCUT2D eigenvalue weighted by atomic mass is 10.0. The van der Waals surface area contributed by atoms with Gasteiger partial charge in [0.15, 0.2) is 6.10 Å². The second-order valence-electron chi connectivity index (χ2n) is 13.6. The summed E-state index contributed by atoms with van der Waals surface area (Å²) < 4.78 is 26.3. The lowest BCUT2D eigenvalue weighted by Gasteiger charge is -2.18. The molecule has 2 N–H and O–H groups in total. The first kappa shape index (κ1) is 46.8. The van der Waals surface area contributed by atoms with Crippen LogP contribution in [0.1, 0.15) is 206 Å². The summed E-state index contributed by atoms with van der Waals surface area (Å²) in [4.78, 5) is 42.7. The smallest absolute Gasteiger partial charge is 0.462 e. The molecule has 0 aliphatic carbocycles. The molecular formula is C39H75O8P. The Labute approximate surface area is 295 Å². The molecule has 48 heavy (non-hydrogen) atoms. The molecule has 0 aromatic carbocycles. The zero-order valence-corrected chi connectivity index (χ0v) is 32.0. The number of phosphoric ester groups is 1. The van der Waals surface area contributed by atoms with Crippen molar-refractivity contribution in [2.75, 3.05) is 13.2 Å². The van der Waals surface area contributed by atoms with Crippen LogP contribution in [0.2, 0.25) is 0 Å². The molecule has 0 aromatic heterocycles. The maximum Gasteiger partial charge on any atom is 0.469 e. The van der Waals surface area contributed by atoms with Crippen molar-refractivity contribution in [2.24, 2.45) is 0 Å². The van der Waals surface area contributed by atoms with Crippen LogP contribution >= 0.6 is 7.82 Å². The van der Waals surface area contributed by atoms with Crippen LogP contribution in [0.25, 0.3) is 0 Å². The van der Waals surface area contributed by atoms with Crippen LogP contribution in [0, 0.1) is 0 Å². The molecule has 0 aromatic rings. The summed E-state index contributed by atoms with van der Waals surface area (Å²) in [6.45, 7) is 3.68. The van der Waals surface area contributed by atoms with Gasteiger partial charge >= 0.3 is 19.8 Å². The van der Waals surface area contributed by atoms with Crippen LogP contribution in [-0.4, -0.2) is 41.0 Å². The second kappa shape index (κ2) is 35.6. The van der Waals surface area contributed by atoms with E-state index in [0.29, 0.717) is 6.42 Å². The first-order chi connectivity index (χ1) is 23.3. The number of hydrogen-bond donors (Lipinski definition) is 2. The second-order valence-corrected chi connectivity index (χ2v) is 14.9. The summed E-state index contributed by atoms with van der Waals surface area (Å²) >= 11 is 0. The van der Waals surface area contributed by atoms with Crippen LogP contribution < -0.4 is 0 Å². The van der Waals surface area contributed by atoms with E-state index in [1.165, 1.54) is 128 Å². The van der Waals surface area contributed by atoms with E-state index >= 15 is 0 Å². The van der Waals surface area contributed by atoms with Crippen molar-refractivity contribution in [3.8, 4) is 0 Å². The fourth-order valence-corrected chi connectivity index (χ4v) is 6.14. The fraction of sp³-hybridized carbons (Fsp3) is 0.897. The van der Waals surface area contributed by atoms with E-state index in [2.05, 4.69) is 30.5 Å². The third-order valence-corrected chi connectivity index (χ3v) is 9.27. The molecule has 8 nitrogen and oxygen atoms in total. The Balaban J connectivity index is 3.91. The predicted octanol–water partition coefficient (Wildman–Crippen LogP) is 11.8. The fourth-order valence-electron chi connectivity index (χ4n) is 5.78. The molecule has 0 heterocycles. The van der Waals surface area contributed by atoms with Gasteiger partial charge in [-0.2, -0.15) is 0 Å². The Morgan fingerprint density at radius 3 is 1.27 bits per heavy atom. The highest BCUT2D eigenvalue weighted by atomic mass is 31.2. The Hall–Kier alpha value is -1.21. The lowest BCUT2D eigenvalue weighted by molar-refractivity contribution is -0.161. The van der Waals surface area contributed by atoms with Crippen molar-refractivity contribution in [3.05, 3.63) is 12.2 Å². The minimum absolute atomic E-state index is 0.211. The van der Waals surface area contributed by atoms with Gasteiger partial charge in [-0.15, -0.1) is 0 Å². The van der Waals surface area contributed by atoms with Crippen molar-refractivity contribution in [1.82, 2.24) is 0 Å². The van der Waals surface area contributed by atoms with Gasteiger partial charge < -0.3 is 19.3 Å². The highest BCUT2D eigenvalue weighted by Crippen LogP contribution is 2.36. The first-order valence-electron chi connectivity index (χ1n) is 20.0. The zero-order chi connectivity index (χ0) is 35.4. The van der Waals surface area contributed by atoms with Crippen LogP contribution in [0.15, 0.2) is 12.2 Å². The van der Waals surface area contributed by atoms with Gasteiger partial charge in [0, 0.05) is 12.8 Å². The quantitative estimate of drug-likeness (QED) is 0.0284. The van der Waals surface area contributed by atoms with Gasteiger partial charge in [-0.1, -0.05) is 167 Å². The molecule has 0 fully saturated rings. The Bertz CT molecular complexity index is 797. The Morgan fingerprint density at radius 1 is 0.521 bits per heavy atom. The molecule has 1 unspecified atom stereocenters. The topological polar surface area (TPSA) is 119 Å². The third-order valence-electron chi connectivity index (χ3n) is 8.78. The normalized spacial score (nSPS) is 12.5. The van der Waals surface area contributed by atoms with Gasteiger partial charge in [-0.25, -0.2) is 4.57 Å². The minimum Gasteiger partial charge on any atom is -0.462 e. The highest BCUT2D eigenvalue weighted by Gasteiger charge is 2.22. The highest BCUT2D eigenvalue weighted by molar-refractivity contribution is 7.46. The number of hydrogen-bond acceptors (Lipinski definition) is 6. The van der Waals surface area contributed by atoms with E-state index < -0.39 is 32.5 Å². The number of carbonyl (C=O) groups excluding carboxylic acids is 2. The predicted molar refractivity (Wildman–Crippen MR) is 198 cm³/mol. The average Bonchev–Trinajstić information content (AvgIpc) is 3.05. The summed E-state index contributed by atoms with van der Waals surface area (Å²) in [6, 6.07) is 0. The molecule has 0 spiro atoms. The zero-order valence-electron chi connectivity index (χ0n) is 31.2. The molecule has 0 rings (SSSR count). The first-order valence-corrected chi connectivity index (χ1v) is 21.5. The SMILES string of the molecule is CCCCCCCCC/C=C\CCCCCCCCCC(=O)OC(COC(=O)CCCCCCCCCCCCCC)COP(=O)(O)O. The van der Waals surface area contributed by atoms with Gasteiger partial charge in [0.2, 0.25) is 0 Å². The Kier molecular flexibility index (Phi) is 34.7. The van der Waals surface area contributed by atoms with Gasteiger partial charge in [-0.3, -0.25) is 14.1 Å². The van der Waals surface area contributed by atoms with E-state index in [4.69, 9.17) is 19.3 Å². The number of carbonyl (C=O) groups is 2. The monoisotopic (exact) mass is 703 g/mol. The lowest BCUT2D eigenvalue weighted by Crippen LogP contribution is -2.29. The molecule has 0 saturated heterocycles. The molecule has 0 aliphatic heterocycles. The van der Waals surface area contributed by atoms with E-state index in [9.17, 15) is 14.2 Å². The van der Waals surface area contributed by atoms with Crippen molar-refractivity contribution in [2.45, 2.75) is 213 Å². The molecule has 0 aliphatic rings. The van der Waals surface area contributed by atoms with Crippen LogP contribution in [0.4, 0.5) is 0 Å². The third kappa shape index (κ3) is 37.6. The van der Waals surface area contributed by atoms with Crippen molar-refractivity contribution in [3.63, 3.8) is 0 Å². The summed E-state index contributed by atoms with van der Waals surface area (Å²) in [5.74, 6) is -0.881. The average molecular weight is 703 g/mol. The van der Waals surface area contributed by atoms with Crippen LogP contribution in [0.3, 0.4) is 0 Å². The van der Waals surface area contributed by atoms with Crippen molar-refractivity contribution >= 4 is 19.8 Å². The van der Waals surface area contributed by atoms with E-state index in [0.717, 1.165) is 44.9 Å². The molecule has 284 valence electrons. The minimum atomic E-state index is -4.75. The summed E-state index contributed by atoms with van der Waals surface area (Å²) in [6.07, 6.45) is 37.9. The van der Waals surface area contributed by atoms with E-state index in [1.807, 2.05) is 0 Å². The van der Waals surface area contributed by atoms with Crippen LogP contribution in [-0.2, 0) is 28.2 Å². The number of rotatable bonds is 37. The van der Waals surface area contributed by atoms with Gasteiger partial charge in [0.05, 0.1) is 6.61 Å². The number of ether oxygens (including phenoxy) is 2. The van der Waals surface area contributed by atoms with Gasteiger partial charge in [-0.05, 0) is 38.5 Å². The van der Waals surface area contributed by atoms with Crippen molar-refractivity contribution < 1.29 is 37.9 Å². The molecular weight excluding hydrogens is 627 g/mol. The number of esters is 2. The maximum atomic E-state index is 12.4. The Morgan fingerprint density at radius 2 is 0.875 bits per heavy atom. The largest absolute Gasteiger partial charge is 0.469 e. The molecule has 0 bridgehead atoms.